The normalized spacial score (nSPS) is 10.4. The van der Waals surface area contributed by atoms with Crippen molar-refractivity contribution in [3.05, 3.63) is 29.9 Å². The van der Waals surface area contributed by atoms with Crippen molar-refractivity contribution in [3.63, 3.8) is 0 Å². The molecule has 2 rings (SSSR count). The topological polar surface area (TPSA) is 67.7 Å². The summed E-state index contributed by atoms with van der Waals surface area (Å²) in [6.45, 7) is 0.711. The summed E-state index contributed by atoms with van der Waals surface area (Å²) in [6.07, 6.45) is 4.25. The molecule has 0 fully saturated rings. The Bertz CT molecular complexity index is 444. The zero-order valence-electron chi connectivity index (χ0n) is 8.18. The molecule has 0 saturated carbocycles. The fourth-order valence-corrected chi connectivity index (χ4v) is 2.10. The lowest BCUT2D eigenvalue weighted by Crippen LogP contribution is -2.13. The van der Waals surface area contributed by atoms with Gasteiger partial charge in [0.05, 0.1) is 10.7 Å². The van der Waals surface area contributed by atoms with Gasteiger partial charge in [-0.2, -0.15) is 0 Å². The minimum absolute atomic E-state index is 0.209. The number of nitrogens with one attached hydrogen (secondary N) is 1. The lowest BCUT2D eigenvalue weighted by Gasteiger charge is -2.04. The number of nitrogens with two attached hydrogens (primary N) is 1. The third-order valence-corrected chi connectivity index (χ3v) is 2.94. The molecule has 0 radical (unpaired) electrons. The first-order valence-electron chi connectivity index (χ1n) is 4.65. The summed E-state index contributed by atoms with van der Waals surface area (Å²) in [7, 11) is 0. The maximum atomic E-state index is 7.19. The number of rotatable bonds is 4. The van der Waals surface area contributed by atoms with Crippen LogP contribution < -0.4 is 5.73 Å². The highest BCUT2D eigenvalue weighted by molar-refractivity contribution is 7.13. The molecule has 2 aromatic heterocycles. The maximum Gasteiger partial charge on any atom is 0.149 e. The van der Waals surface area contributed by atoms with Crippen molar-refractivity contribution in [2.24, 2.45) is 5.73 Å². The van der Waals surface area contributed by atoms with Crippen molar-refractivity contribution in [3.8, 4) is 10.7 Å². The van der Waals surface area contributed by atoms with Crippen molar-refractivity contribution in [2.75, 3.05) is 0 Å². The molecule has 2 aromatic rings. The molecule has 0 unspecified atom stereocenters. The van der Waals surface area contributed by atoms with Crippen LogP contribution in [0.15, 0.2) is 29.9 Å². The van der Waals surface area contributed by atoms with Crippen molar-refractivity contribution >= 4 is 17.2 Å². The molecule has 0 aliphatic rings. The molecule has 0 aliphatic carbocycles. The molecule has 0 atom stereocenters. The van der Waals surface area contributed by atoms with Gasteiger partial charge in [-0.1, -0.05) is 6.07 Å². The van der Waals surface area contributed by atoms with Gasteiger partial charge in [-0.3, -0.25) is 5.41 Å². The summed E-state index contributed by atoms with van der Waals surface area (Å²) in [6, 6.07) is 4.04. The Morgan fingerprint density at radius 3 is 3.13 bits per heavy atom. The monoisotopic (exact) mass is 220 g/mol. The van der Waals surface area contributed by atoms with Crippen LogP contribution in [0.3, 0.4) is 0 Å². The summed E-state index contributed by atoms with van der Waals surface area (Å²) in [5.41, 5.74) is 5.33. The van der Waals surface area contributed by atoms with Gasteiger partial charge in [0.15, 0.2) is 0 Å². The number of amidine groups is 1. The van der Waals surface area contributed by atoms with Crippen LogP contribution in [0.1, 0.15) is 6.42 Å². The first-order valence-corrected chi connectivity index (χ1v) is 5.53. The molecule has 15 heavy (non-hydrogen) atoms. The Morgan fingerprint density at radius 2 is 2.47 bits per heavy atom. The van der Waals surface area contributed by atoms with Gasteiger partial charge in [0.25, 0.3) is 0 Å². The van der Waals surface area contributed by atoms with Crippen LogP contribution in [-0.4, -0.2) is 15.4 Å². The average Bonchev–Trinajstić information content (AvgIpc) is 2.85. The lowest BCUT2D eigenvalue weighted by molar-refractivity contribution is 0.729. The Balaban J connectivity index is 2.19. The molecule has 4 nitrogen and oxygen atoms in total. The van der Waals surface area contributed by atoms with E-state index in [4.69, 9.17) is 11.1 Å². The predicted molar refractivity (Wildman–Crippen MR) is 62.1 cm³/mol. The summed E-state index contributed by atoms with van der Waals surface area (Å²) >= 11 is 1.66. The SMILES string of the molecule is N=C(N)CCn1ccnc1-c1cccs1. The number of aromatic nitrogens is 2. The third kappa shape index (κ3) is 2.24. The minimum Gasteiger partial charge on any atom is -0.388 e. The largest absolute Gasteiger partial charge is 0.388 e. The molecular formula is C10H12N4S. The smallest absolute Gasteiger partial charge is 0.149 e. The molecule has 0 amide bonds. The number of hydrogen-bond acceptors (Lipinski definition) is 3. The molecule has 0 aromatic carbocycles. The third-order valence-electron chi connectivity index (χ3n) is 2.08. The van der Waals surface area contributed by atoms with E-state index in [1.165, 1.54) is 0 Å². The van der Waals surface area contributed by atoms with Crippen molar-refractivity contribution in [1.82, 2.24) is 9.55 Å². The molecule has 2 heterocycles. The van der Waals surface area contributed by atoms with Gasteiger partial charge in [-0.15, -0.1) is 11.3 Å². The van der Waals surface area contributed by atoms with Gasteiger partial charge >= 0.3 is 0 Å². The highest BCUT2D eigenvalue weighted by atomic mass is 32.1. The zero-order valence-corrected chi connectivity index (χ0v) is 9.00. The van der Waals surface area contributed by atoms with Gasteiger partial charge in [0.2, 0.25) is 0 Å². The second kappa shape index (κ2) is 4.27. The quantitative estimate of drug-likeness (QED) is 0.610. The van der Waals surface area contributed by atoms with Crippen LogP contribution in [0.25, 0.3) is 10.7 Å². The van der Waals surface area contributed by atoms with Crippen LogP contribution in [0.5, 0.6) is 0 Å². The molecule has 3 N–H and O–H groups in total. The Labute approximate surface area is 91.9 Å². The number of aryl methyl sites for hydroxylation is 1. The fraction of sp³-hybridized carbons (Fsp3) is 0.200. The second-order valence-electron chi connectivity index (χ2n) is 3.20. The van der Waals surface area contributed by atoms with E-state index in [0.29, 0.717) is 13.0 Å². The summed E-state index contributed by atoms with van der Waals surface area (Å²) in [5.74, 6) is 1.16. The van der Waals surface area contributed by atoms with E-state index in [1.807, 2.05) is 28.3 Å². The molecule has 0 saturated heterocycles. The first kappa shape index (κ1) is 9.92. The van der Waals surface area contributed by atoms with E-state index in [-0.39, 0.29) is 5.84 Å². The van der Waals surface area contributed by atoms with Crippen LogP contribution in [0.4, 0.5) is 0 Å². The summed E-state index contributed by atoms with van der Waals surface area (Å²) in [5, 5.41) is 9.22. The van der Waals surface area contributed by atoms with E-state index in [9.17, 15) is 0 Å². The number of thiophene rings is 1. The van der Waals surface area contributed by atoms with Crippen molar-refractivity contribution in [2.45, 2.75) is 13.0 Å². The van der Waals surface area contributed by atoms with E-state index >= 15 is 0 Å². The van der Waals surface area contributed by atoms with Gasteiger partial charge in [0, 0.05) is 25.4 Å². The Kier molecular flexibility index (Phi) is 2.82. The number of hydrogen-bond donors (Lipinski definition) is 2. The fourth-order valence-electron chi connectivity index (χ4n) is 1.36. The molecule has 78 valence electrons. The average molecular weight is 220 g/mol. The summed E-state index contributed by atoms with van der Waals surface area (Å²) < 4.78 is 2.02. The standard InChI is InChI=1S/C10H12N4S/c11-9(12)3-5-14-6-4-13-10(14)8-2-1-7-15-8/h1-2,4,6-7H,3,5H2,(H3,11,12). The van der Waals surface area contributed by atoms with Crippen molar-refractivity contribution < 1.29 is 0 Å². The predicted octanol–water partition coefficient (Wildman–Crippen LogP) is 1.94. The molecule has 0 spiro atoms. The molecule has 5 heteroatoms. The maximum absolute atomic E-state index is 7.19. The Morgan fingerprint density at radius 1 is 1.60 bits per heavy atom. The molecule has 0 bridgehead atoms. The van der Waals surface area contributed by atoms with E-state index in [1.54, 1.807) is 17.5 Å². The highest BCUT2D eigenvalue weighted by Gasteiger charge is 2.06. The number of imidazole rings is 1. The van der Waals surface area contributed by atoms with Crippen molar-refractivity contribution in [1.29, 1.82) is 5.41 Å². The van der Waals surface area contributed by atoms with Gasteiger partial charge in [-0.25, -0.2) is 4.98 Å². The Hall–Kier alpha value is -1.62. The lowest BCUT2D eigenvalue weighted by atomic mass is 10.4. The van der Waals surface area contributed by atoms with Gasteiger partial charge in [-0.05, 0) is 11.4 Å². The highest BCUT2D eigenvalue weighted by Crippen LogP contribution is 2.22. The van der Waals surface area contributed by atoms with Gasteiger partial charge < -0.3 is 10.3 Å². The van der Waals surface area contributed by atoms with Gasteiger partial charge in [0.1, 0.15) is 5.82 Å². The zero-order chi connectivity index (χ0) is 10.7. The summed E-state index contributed by atoms with van der Waals surface area (Å²) in [4.78, 5) is 5.44. The molecule has 0 aliphatic heterocycles. The van der Waals surface area contributed by atoms with E-state index < -0.39 is 0 Å². The van der Waals surface area contributed by atoms with Crippen LogP contribution in [0, 0.1) is 5.41 Å². The first-order chi connectivity index (χ1) is 7.27. The van der Waals surface area contributed by atoms with E-state index in [0.717, 1.165) is 10.7 Å². The molecular weight excluding hydrogens is 208 g/mol. The van der Waals surface area contributed by atoms with Crippen LogP contribution in [-0.2, 0) is 6.54 Å². The van der Waals surface area contributed by atoms with E-state index in [2.05, 4.69) is 4.98 Å². The minimum atomic E-state index is 0.209. The van der Waals surface area contributed by atoms with Crippen LogP contribution >= 0.6 is 11.3 Å². The van der Waals surface area contributed by atoms with Crippen LogP contribution in [0.2, 0.25) is 0 Å². The second-order valence-corrected chi connectivity index (χ2v) is 4.14. The number of nitrogens with zero attached hydrogens (tertiary/aromatic N) is 2.